The van der Waals surface area contributed by atoms with Crippen molar-refractivity contribution in [2.24, 2.45) is 0 Å². The lowest BCUT2D eigenvalue weighted by atomic mass is 10.0. The van der Waals surface area contributed by atoms with Crippen LogP contribution in [-0.4, -0.2) is 35.5 Å². The first-order valence-corrected chi connectivity index (χ1v) is 6.11. The van der Waals surface area contributed by atoms with Crippen molar-refractivity contribution < 1.29 is 9.15 Å². The quantitative estimate of drug-likeness (QED) is 0.727. The first-order chi connectivity index (χ1) is 8.22. The zero-order chi connectivity index (χ0) is 12.1. The van der Waals surface area contributed by atoms with Gasteiger partial charge in [0.15, 0.2) is 0 Å². The van der Waals surface area contributed by atoms with Crippen LogP contribution in [0, 0.1) is 0 Å². The molecule has 2 heterocycles. The number of nitrogens with one attached hydrogen (secondary N) is 2. The standard InChI is InChI=1S/C11H20N4O2/c1-3-5-12-7-9-14-15-10(17-9)13-11(2)4-6-16-8-11/h12H,3-8H2,1-2H3,(H,13,15). The molecule has 1 aromatic heterocycles. The van der Waals surface area contributed by atoms with E-state index in [1.807, 2.05) is 0 Å². The molecule has 6 nitrogen and oxygen atoms in total. The van der Waals surface area contributed by atoms with Crippen LogP contribution in [0.2, 0.25) is 0 Å². The summed E-state index contributed by atoms with van der Waals surface area (Å²) in [5, 5.41) is 14.4. The second-order valence-electron chi connectivity index (χ2n) is 4.67. The molecule has 2 N–H and O–H groups in total. The summed E-state index contributed by atoms with van der Waals surface area (Å²) in [5.74, 6) is 0.614. The molecule has 1 unspecified atom stereocenters. The van der Waals surface area contributed by atoms with Crippen LogP contribution in [0.15, 0.2) is 4.42 Å². The first-order valence-electron chi connectivity index (χ1n) is 6.11. The SMILES string of the molecule is CCCNCc1nnc(NC2(C)CCOC2)o1. The summed E-state index contributed by atoms with van der Waals surface area (Å²) < 4.78 is 10.9. The fourth-order valence-electron chi connectivity index (χ4n) is 1.77. The van der Waals surface area contributed by atoms with Crippen molar-refractivity contribution in [2.75, 3.05) is 25.1 Å². The molecule has 1 saturated heterocycles. The van der Waals surface area contributed by atoms with Gasteiger partial charge in [0, 0.05) is 6.61 Å². The summed E-state index contributed by atoms with van der Waals surface area (Å²) in [4.78, 5) is 0. The number of rotatable bonds is 6. The Morgan fingerprint density at radius 1 is 1.41 bits per heavy atom. The van der Waals surface area contributed by atoms with Crippen LogP contribution in [0.3, 0.4) is 0 Å². The third-order valence-corrected chi connectivity index (χ3v) is 2.80. The van der Waals surface area contributed by atoms with Gasteiger partial charge in [-0.1, -0.05) is 12.0 Å². The zero-order valence-corrected chi connectivity index (χ0v) is 10.5. The molecule has 0 amide bonds. The van der Waals surface area contributed by atoms with Gasteiger partial charge in [-0.15, -0.1) is 5.10 Å². The molecule has 17 heavy (non-hydrogen) atoms. The lowest BCUT2D eigenvalue weighted by Gasteiger charge is -2.21. The van der Waals surface area contributed by atoms with Gasteiger partial charge in [0.25, 0.3) is 0 Å². The predicted octanol–water partition coefficient (Wildman–Crippen LogP) is 1.16. The highest BCUT2D eigenvalue weighted by molar-refractivity contribution is 5.24. The van der Waals surface area contributed by atoms with Gasteiger partial charge in [-0.25, -0.2) is 0 Å². The van der Waals surface area contributed by atoms with E-state index in [2.05, 4.69) is 34.7 Å². The number of nitrogens with zero attached hydrogens (tertiary/aromatic N) is 2. The predicted molar refractivity (Wildman–Crippen MR) is 63.8 cm³/mol. The van der Waals surface area contributed by atoms with Crippen molar-refractivity contribution in [1.82, 2.24) is 15.5 Å². The minimum Gasteiger partial charge on any atom is -0.407 e. The smallest absolute Gasteiger partial charge is 0.316 e. The minimum atomic E-state index is -0.0827. The van der Waals surface area contributed by atoms with E-state index in [0.29, 0.717) is 25.1 Å². The van der Waals surface area contributed by atoms with Crippen molar-refractivity contribution in [3.05, 3.63) is 5.89 Å². The maximum atomic E-state index is 5.51. The average Bonchev–Trinajstić information content (AvgIpc) is 2.89. The molecule has 0 saturated carbocycles. The second kappa shape index (κ2) is 5.46. The van der Waals surface area contributed by atoms with Gasteiger partial charge in [-0.3, -0.25) is 0 Å². The van der Waals surface area contributed by atoms with E-state index in [-0.39, 0.29) is 5.54 Å². The van der Waals surface area contributed by atoms with Gasteiger partial charge in [-0.2, -0.15) is 0 Å². The first kappa shape index (κ1) is 12.3. The molecular formula is C11H20N4O2. The molecule has 1 aliphatic heterocycles. The molecule has 96 valence electrons. The maximum Gasteiger partial charge on any atom is 0.316 e. The number of ether oxygens (including phenoxy) is 1. The Kier molecular flexibility index (Phi) is 3.96. The molecule has 0 radical (unpaired) electrons. The van der Waals surface area contributed by atoms with Crippen LogP contribution >= 0.6 is 0 Å². The third-order valence-electron chi connectivity index (χ3n) is 2.80. The number of hydrogen-bond donors (Lipinski definition) is 2. The van der Waals surface area contributed by atoms with E-state index in [4.69, 9.17) is 9.15 Å². The van der Waals surface area contributed by atoms with Crippen LogP contribution in [0.1, 0.15) is 32.6 Å². The Bertz CT molecular complexity index is 347. The minimum absolute atomic E-state index is 0.0827. The molecule has 1 fully saturated rings. The third kappa shape index (κ3) is 3.41. The lowest BCUT2D eigenvalue weighted by Crippen LogP contribution is -2.35. The van der Waals surface area contributed by atoms with Crippen molar-refractivity contribution >= 4 is 6.01 Å². The molecule has 2 rings (SSSR count). The van der Waals surface area contributed by atoms with Crippen molar-refractivity contribution in [2.45, 2.75) is 38.8 Å². The Balaban J connectivity index is 1.85. The fraction of sp³-hybridized carbons (Fsp3) is 0.818. The normalized spacial score (nSPS) is 24.1. The Labute approximate surface area is 101 Å². The lowest BCUT2D eigenvalue weighted by molar-refractivity contribution is 0.184. The summed E-state index contributed by atoms with van der Waals surface area (Å²) in [7, 11) is 0. The van der Waals surface area contributed by atoms with Gasteiger partial charge in [0.1, 0.15) is 0 Å². The fourth-order valence-corrected chi connectivity index (χ4v) is 1.77. The van der Waals surface area contributed by atoms with Crippen LogP contribution < -0.4 is 10.6 Å². The zero-order valence-electron chi connectivity index (χ0n) is 10.5. The summed E-state index contributed by atoms with van der Waals surface area (Å²) >= 11 is 0. The van der Waals surface area contributed by atoms with E-state index in [0.717, 1.165) is 26.0 Å². The van der Waals surface area contributed by atoms with Gasteiger partial charge >= 0.3 is 6.01 Å². The van der Waals surface area contributed by atoms with Gasteiger partial charge in [0.2, 0.25) is 5.89 Å². The topological polar surface area (TPSA) is 72.2 Å². The molecule has 0 aromatic carbocycles. The van der Waals surface area contributed by atoms with Crippen molar-refractivity contribution in [3.8, 4) is 0 Å². The molecule has 6 heteroatoms. The van der Waals surface area contributed by atoms with E-state index in [9.17, 15) is 0 Å². The van der Waals surface area contributed by atoms with E-state index in [1.54, 1.807) is 0 Å². The highest BCUT2D eigenvalue weighted by atomic mass is 16.5. The monoisotopic (exact) mass is 240 g/mol. The summed E-state index contributed by atoms with van der Waals surface area (Å²) in [6, 6.07) is 0.478. The van der Waals surface area contributed by atoms with Crippen LogP contribution in [0.25, 0.3) is 0 Å². The van der Waals surface area contributed by atoms with Crippen LogP contribution in [0.5, 0.6) is 0 Å². The molecule has 0 aliphatic carbocycles. The highest BCUT2D eigenvalue weighted by Crippen LogP contribution is 2.22. The van der Waals surface area contributed by atoms with Gasteiger partial charge in [-0.05, 0) is 26.3 Å². The largest absolute Gasteiger partial charge is 0.407 e. The number of aromatic nitrogens is 2. The highest BCUT2D eigenvalue weighted by Gasteiger charge is 2.31. The van der Waals surface area contributed by atoms with Gasteiger partial charge in [0.05, 0.1) is 18.7 Å². The van der Waals surface area contributed by atoms with Gasteiger partial charge < -0.3 is 19.8 Å². The van der Waals surface area contributed by atoms with E-state index in [1.165, 1.54) is 0 Å². The Hall–Kier alpha value is -1.14. The number of hydrogen-bond acceptors (Lipinski definition) is 6. The molecule has 1 aliphatic rings. The van der Waals surface area contributed by atoms with Crippen molar-refractivity contribution in [1.29, 1.82) is 0 Å². The average molecular weight is 240 g/mol. The molecule has 0 spiro atoms. The van der Waals surface area contributed by atoms with E-state index < -0.39 is 0 Å². The molecule has 1 aromatic rings. The Morgan fingerprint density at radius 2 is 2.29 bits per heavy atom. The molecular weight excluding hydrogens is 220 g/mol. The van der Waals surface area contributed by atoms with Crippen LogP contribution in [-0.2, 0) is 11.3 Å². The van der Waals surface area contributed by atoms with E-state index >= 15 is 0 Å². The molecule has 0 bridgehead atoms. The Morgan fingerprint density at radius 3 is 3.00 bits per heavy atom. The number of anilines is 1. The van der Waals surface area contributed by atoms with Crippen molar-refractivity contribution in [3.63, 3.8) is 0 Å². The summed E-state index contributed by atoms with van der Waals surface area (Å²) in [6.07, 6.45) is 2.05. The molecule has 1 atom stereocenters. The second-order valence-corrected chi connectivity index (χ2v) is 4.67. The maximum absolute atomic E-state index is 5.51. The van der Waals surface area contributed by atoms with Crippen LogP contribution in [0.4, 0.5) is 6.01 Å². The summed E-state index contributed by atoms with van der Waals surface area (Å²) in [6.45, 7) is 7.25. The summed E-state index contributed by atoms with van der Waals surface area (Å²) in [5.41, 5.74) is -0.0827.